The molecular formula is C10H14N2O5. The molecule has 7 heteroatoms. The molecule has 1 heterocycles. The van der Waals surface area contributed by atoms with Gasteiger partial charge in [-0.1, -0.05) is 6.92 Å². The number of aromatic nitrogens is 2. The SMILES string of the molecule is CCC(Oc1nc(OC)cc(OC)n1)C(=O)O. The lowest BCUT2D eigenvalue weighted by molar-refractivity contribution is -0.145. The smallest absolute Gasteiger partial charge is 0.345 e. The van der Waals surface area contributed by atoms with Crippen LogP contribution >= 0.6 is 0 Å². The zero-order valence-electron chi connectivity index (χ0n) is 9.84. The van der Waals surface area contributed by atoms with Crippen LogP contribution in [0, 0.1) is 0 Å². The first-order chi connectivity index (χ1) is 8.10. The number of aliphatic carboxylic acids is 1. The van der Waals surface area contributed by atoms with Crippen molar-refractivity contribution < 1.29 is 24.1 Å². The highest BCUT2D eigenvalue weighted by Crippen LogP contribution is 2.19. The maximum Gasteiger partial charge on any atom is 0.345 e. The highest BCUT2D eigenvalue weighted by atomic mass is 16.5. The molecule has 0 saturated heterocycles. The lowest BCUT2D eigenvalue weighted by Gasteiger charge is -2.12. The Balaban J connectivity index is 2.92. The zero-order chi connectivity index (χ0) is 12.8. The molecule has 0 amide bonds. The largest absolute Gasteiger partial charge is 0.481 e. The average molecular weight is 242 g/mol. The van der Waals surface area contributed by atoms with Gasteiger partial charge < -0.3 is 19.3 Å². The Kier molecular flexibility index (Phi) is 4.50. The minimum atomic E-state index is -1.07. The normalized spacial score (nSPS) is 11.7. The van der Waals surface area contributed by atoms with Gasteiger partial charge in [0, 0.05) is 0 Å². The van der Waals surface area contributed by atoms with E-state index in [4.69, 9.17) is 19.3 Å². The number of carbonyl (C=O) groups is 1. The minimum absolute atomic E-state index is 0.0875. The van der Waals surface area contributed by atoms with E-state index in [9.17, 15) is 4.79 Å². The van der Waals surface area contributed by atoms with E-state index in [1.807, 2.05) is 0 Å². The van der Waals surface area contributed by atoms with E-state index in [1.54, 1.807) is 6.92 Å². The molecule has 7 nitrogen and oxygen atoms in total. The van der Waals surface area contributed by atoms with Gasteiger partial charge in [0.05, 0.1) is 20.3 Å². The number of rotatable bonds is 6. The van der Waals surface area contributed by atoms with Crippen LogP contribution in [-0.2, 0) is 4.79 Å². The highest BCUT2D eigenvalue weighted by molar-refractivity contribution is 5.72. The van der Waals surface area contributed by atoms with E-state index in [0.717, 1.165) is 0 Å². The number of carboxylic acid groups (broad SMARTS) is 1. The van der Waals surface area contributed by atoms with Gasteiger partial charge in [0.1, 0.15) is 0 Å². The van der Waals surface area contributed by atoms with Gasteiger partial charge in [-0.2, -0.15) is 9.97 Å². The fourth-order valence-electron chi connectivity index (χ4n) is 1.08. The maximum atomic E-state index is 10.8. The minimum Gasteiger partial charge on any atom is -0.481 e. The Hall–Kier alpha value is -2.05. The van der Waals surface area contributed by atoms with Crippen molar-refractivity contribution in [3.63, 3.8) is 0 Å². The van der Waals surface area contributed by atoms with Gasteiger partial charge in [0.15, 0.2) is 6.10 Å². The summed E-state index contributed by atoms with van der Waals surface area (Å²) in [5, 5.41) is 8.84. The van der Waals surface area contributed by atoms with Crippen molar-refractivity contribution in [2.24, 2.45) is 0 Å². The molecule has 0 aromatic carbocycles. The second kappa shape index (κ2) is 5.88. The van der Waals surface area contributed by atoms with Crippen molar-refractivity contribution in [3.05, 3.63) is 6.07 Å². The van der Waals surface area contributed by atoms with Gasteiger partial charge in [0.25, 0.3) is 0 Å². The van der Waals surface area contributed by atoms with Crippen molar-refractivity contribution in [1.82, 2.24) is 9.97 Å². The molecule has 0 radical (unpaired) electrons. The molecule has 0 saturated carbocycles. The first-order valence-electron chi connectivity index (χ1n) is 4.97. The second-order valence-electron chi connectivity index (χ2n) is 3.09. The van der Waals surface area contributed by atoms with Gasteiger partial charge >= 0.3 is 12.0 Å². The lowest BCUT2D eigenvalue weighted by Crippen LogP contribution is -2.26. The quantitative estimate of drug-likeness (QED) is 0.786. The third kappa shape index (κ3) is 3.47. The summed E-state index contributed by atoms with van der Waals surface area (Å²) in [6, 6.07) is 1.38. The summed E-state index contributed by atoms with van der Waals surface area (Å²) in [6.45, 7) is 1.69. The molecule has 1 rings (SSSR count). The van der Waals surface area contributed by atoms with Gasteiger partial charge in [-0.05, 0) is 6.42 Å². The van der Waals surface area contributed by atoms with E-state index in [-0.39, 0.29) is 17.8 Å². The number of hydrogen-bond donors (Lipinski definition) is 1. The number of nitrogens with zero attached hydrogens (tertiary/aromatic N) is 2. The molecule has 0 spiro atoms. The molecule has 1 N–H and O–H groups in total. The third-order valence-corrected chi connectivity index (χ3v) is 1.97. The Morgan fingerprint density at radius 2 is 1.88 bits per heavy atom. The van der Waals surface area contributed by atoms with Crippen molar-refractivity contribution in [2.45, 2.75) is 19.4 Å². The Bertz CT molecular complexity index is 374. The fourth-order valence-corrected chi connectivity index (χ4v) is 1.08. The summed E-state index contributed by atoms with van der Waals surface area (Å²) in [4.78, 5) is 18.5. The summed E-state index contributed by atoms with van der Waals surface area (Å²) in [5.41, 5.74) is 0. The van der Waals surface area contributed by atoms with E-state index < -0.39 is 12.1 Å². The van der Waals surface area contributed by atoms with Gasteiger partial charge in [-0.25, -0.2) is 4.79 Å². The van der Waals surface area contributed by atoms with Crippen LogP contribution in [0.1, 0.15) is 13.3 Å². The number of ether oxygens (including phenoxy) is 3. The van der Waals surface area contributed by atoms with Crippen LogP contribution in [0.3, 0.4) is 0 Å². The molecule has 1 atom stereocenters. The topological polar surface area (TPSA) is 90.8 Å². The number of methoxy groups -OCH3 is 2. The molecule has 0 aliphatic carbocycles. The van der Waals surface area contributed by atoms with Crippen LogP contribution < -0.4 is 14.2 Å². The Morgan fingerprint density at radius 1 is 1.35 bits per heavy atom. The summed E-state index contributed by atoms with van der Waals surface area (Å²) >= 11 is 0. The summed E-state index contributed by atoms with van der Waals surface area (Å²) < 4.78 is 15.0. The maximum absolute atomic E-state index is 10.8. The van der Waals surface area contributed by atoms with Crippen LogP contribution in [0.4, 0.5) is 0 Å². The first kappa shape index (κ1) is 13.0. The van der Waals surface area contributed by atoms with Gasteiger partial charge in [0.2, 0.25) is 11.8 Å². The molecular weight excluding hydrogens is 228 g/mol. The molecule has 0 bridgehead atoms. The van der Waals surface area contributed by atoms with Gasteiger partial charge in [-0.15, -0.1) is 0 Å². The van der Waals surface area contributed by atoms with Crippen LogP contribution in [0.25, 0.3) is 0 Å². The molecule has 1 unspecified atom stereocenters. The summed E-state index contributed by atoms with van der Waals surface area (Å²) in [6.07, 6.45) is -0.690. The van der Waals surface area contributed by atoms with Crippen molar-refractivity contribution >= 4 is 5.97 Å². The molecule has 94 valence electrons. The Morgan fingerprint density at radius 3 is 2.24 bits per heavy atom. The first-order valence-corrected chi connectivity index (χ1v) is 4.97. The molecule has 1 aromatic rings. The second-order valence-corrected chi connectivity index (χ2v) is 3.09. The van der Waals surface area contributed by atoms with Crippen molar-refractivity contribution in [3.8, 4) is 17.8 Å². The predicted octanol–water partition coefficient (Wildman–Crippen LogP) is 0.736. The fraction of sp³-hybridized carbons (Fsp3) is 0.500. The van der Waals surface area contributed by atoms with E-state index in [1.165, 1.54) is 20.3 Å². The standard InChI is InChI=1S/C10H14N2O5/c1-4-6(9(13)14)17-10-11-7(15-2)5-8(12-10)16-3/h5-6H,4H2,1-3H3,(H,13,14). The van der Waals surface area contributed by atoms with Crippen LogP contribution in [0.15, 0.2) is 6.07 Å². The molecule has 0 fully saturated rings. The summed E-state index contributed by atoms with van der Waals surface area (Å²) in [7, 11) is 2.86. The lowest BCUT2D eigenvalue weighted by atomic mass is 10.3. The van der Waals surface area contributed by atoms with Crippen LogP contribution in [-0.4, -0.2) is 41.4 Å². The van der Waals surface area contributed by atoms with Crippen molar-refractivity contribution in [2.75, 3.05) is 14.2 Å². The molecule has 0 aliphatic heterocycles. The highest BCUT2D eigenvalue weighted by Gasteiger charge is 2.19. The van der Waals surface area contributed by atoms with E-state index >= 15 is 0 Å². The third-order valence-electron chi connectivity index (χ3n) is 1.97. The monoisotopic (exact) mass is 242 g/mol. The molecule has 17 heavy (non-hydrogen) atoms. The molecule has 1 aromatic heterocycles. The van der Waals surface area contributed by atoms with Gasteiger partial charge in [-0.3, -0.25) is 0 Å². The number of carboxylic acids is 1. The average Bonchev–Trinajstić information content (AvgIpc) is 2.34. The number of hydrogen-bond acceptors (Lipinski definition) is 6. The van der Waals surface area contributed by atoms with Crippen LogP contribution in [0.2, 0.25) is 0 Å². The van der Waals surface area contributed by atoms with Crippen molar-refractivity contribution in [1.29, 1.82) is 0 Å². The van der Waals surface area contributed by atoms with E-state index in [2.05, 4.69) is 9.97 Å². The summed E-state index contributed by atoms with van der Waals surface area (Å²) in [5.74, 6) is -0.586. The van der Waals surface area contributed by atoms with E-state index in [0.29, 0.717) is 6.42 Å². The predicted molar refractivity (Wildman–Crippen MR) is 57.5 cm³/mol. The zero-order valence-corrected chi connectivity index (χ0v) is 9.84. The Labute approximate surface area is 98.4 Å². The molecule has 0 aliphatic rings. The van der Waals surface area contributed by atoms with Crippen LogP contribution in [0.5, 0.6) is 17.8 Å².